The Bertz CT molecular complexity index is 921. The van der Waals surface area contributed by atoms with Gasteiger partial charge in [-0.15, -0.1) is 0 Å². The van der Waals surface area contributed by atoms with Crippen molar-refractivity contribution in [2.75, 3.05) is 13.1 Å². The van der Waals surface area contributed by atoms with Gasteiger partial charge in [0.05, 0.1) is 11.8 Å². The molecule has 6 heteroatoms. The minimum absolute atomic E-state index is 0.00647. The summed E-state index contributed by atoms with van der Waals surface area (Å²) >= 11 is 0. The topological polar surface area (TPSA) is 67.5 Å². The number of furan rings is 1. The summed E-state index contributed by atoms with van der Waals surface area (Å²) < 4.78 is 7.09. The van der Waals surface area contributed by atoms with E-state index in [1.165, 1.54) is 17.9 Å². The summed E-state index contributed by atoms with van der Waals surface area (Å²) in [6.07, 6.45) is 7.02. The second-order valence-corrected chi connectivity index (χ2v) is 6.96. The lowest BCUT2D eigenvalue weighted by molar-refractivity contribution is -0.122. The Morgan fingerprint density at radius 3 is 2.70 bits per heavy atom. The van der Waals surface area contributed by atoms with Crippen LogP contribution in [0.15, 0.2) is 59.5 Å². The summed E-state index contributed by atoms with van der Waals surface area (Å²) in [5, 5.41) is 4.30. The van der Waals surface area contributed by atoms with Crippen molar-refractivity contribution in [2.24, 2.45) is 0 Å². The van der Waals surface area contributed by atoms with Crippen LogP contribution >= 0.6 is 0 Å². The van der Waals surface area contributed by atoms with Crippen molar-refractivity contribution < 1.29 is 14.0 Å². The molecule has 27 heavy (non-hydrogen) atoms. The van der Waals surface area contributed by atoms with E-state index in [4.69, 9.17) is 4.42 Å². The van der Waals surface area contributed by atoms with Gasteiger partial charge in [0.15, 0.2) is 0 Å². The summed E-state index contributed by atoms with van der Waals surface area (Å²) in [6.45, 7) is 1.96. The Morgan fingerprint density at radius 1 is 1.11 bits per heavy atom. The zero-order chi connectivity index (χ0) is 18.6. The van der Waals surface area contributed by atoms with E-state index in [1.807, 2.05) is 23.2 Å². The number of amides is 2. The van der Waals surface area contributed by atoms with Crippen molar-refractivity contribution in [3.05, 3.63) is 60.7 Å². The average molecular weight is 365 g/mol. The number of fused-ring (bicyclic) bond motifs is 1. The van der Waals surface area contributed by atoms with Crippen LogP contribution in [-0.4, -0.2) is 40.4 Å². The maximum Gasteiger partial charge on any atom is 0.257 e. The largest absolute Gasteiger partial charge is 0.472 e. The lowest BCUT2D eigenvalue weighted by Gasteiger charge is -2.32. The van der Waals surface area contributed by atoms with Crippen LogP contribution in [0.4, 0.5) is 0 Å². The number of nitrogens with zero attached hydrogens (tertiary/aromatic N) is 2. The summed E-state index contributed by atoms with van der Waals surface area (Å²) in [5.41, 5.74) is 1.73. The first-order valence-electron chi connectivity index (χ1n) is 9.35. The highest BCUT2D eigenvalue weighted by molar-refractivity contribution is 5.93. The minimum atomic E-state index is -0.00647. The second kappa shape index (κ2) is 7.70. The molecule has 0 spiro atoms. The molecule has 3 aromatic rings. The van der Waals surface area contributed by atoms with E-state index in [-0.39, 0.29) is 17.9 Å². The van der Waals surface area contributed by atoms with Gasteiger partial charge in [-0.3, -0.25) is 9.59 Å². The van der Waals surface area contributed by atoms with E-state index in [1.54, 1.807) is 6.07 Å². The number of aryl methyl sites for hydroxylation is 1. The number of piperidine rings is 1. The normalized spacial score (nSPS) is 15.2. The quantitative estimate of drug-likeness (QED) is 0.756. The molecule has 0 saturated carbocycles. The van der Waals surface area contributed by atoms with Crippen LogP contribution < -0.4 is 5.32 Å². The highest BCUT2D eigenvalue weighted by Gasteiger charge is 2.25. The van der Waals surface area contributed by atoms with Gasteiger partial charge < -0.3 is 19.2 Å². The van der Waals surface area contributed by atoms with Crippen molar-refractivity contribution in [1.82, 2.24) is 14.8 Å². The van der Waals surface area contributed by atoms with Crippen LogP contribution in [0.25, 0.3) is 10.9 Å². The molecule has 0 unspecified atom stereocenters. The van der Waals surface area contributed by atoms with Gasteiger partial charge in [0.2, 0.25) is 5.91 Å². The van der Waals surface area contributed by atoms with Gasteiger partial charge in [-0.05, 0) is 36.4 Å². The molecule has 1 aliphatic rings. The number of carbonyl (C=O) groups is 2. The number of aromatic nitrogens is 1. The summed E-state index contributed by atoms with van der Waals surface area (Å²) in [4.78, 5) is 26.5. The molecule has 1 fully saturated rings. The number of benzene rings is 1. The first-order chi connectivity index (χ1) is 13.2. The fourth-order valence-electron chi connectivity index (χ4n) is 3.65. The first kappa shape index (κ1) is 17.4. The van der Waals surface area contributed by atoms with Crippen LogP contribution in [0, 0.1) is 0 Å². The predicted molar refractivity (Wildman–Crippen MR) is 102 cm³/mol. The number of hydrogen-bond donors (Lipinski definition) is 1. The van der Waals surface area contributed by atoms with Crippen LogP contribution in [0.1, 0.15) is 29.6 Å². The Morgan fingerprint density at radius 2 is 1.93 bits per heavy atom. The third kappa shape index (κ3) is 3.89. The fourth-order valence-corrected chi connectivity index (χ4v) is 3.65. The smallest absolute Gasteiger partial charge is 0.257 e. The van der Waals surface area contributed by atoms with Crippen LogP contribution in [-0.2, 0) is 11.3 Å². The van der Waals surface area contributed by atoms with Gasteiger partial charge in [0.1, 0.15) is 6.26 Å². The monoisotopic (exact) mass is 365 g/mol. The molecule has 0 atom stereocenters. The molecule has 2 aromatic heterocycles. The van der Waals surface area contributed by atoms with Gasteiger partial charge in [0, 0.05) is 43.8 Å². The number of rotatable bonds is 5. The van der Waals surface area contributed by atoms with Gasteiger partial charge in [-0.2, -0.15) is 0 Å². The molecule has 1 aliphatic heterocycles. The molecule has 140 valence electrons. The number of nitrogens with one attached hydrogen (secondary N) is 1. The number of para-hydroxylation sites is 1. The van der Waals surface area contributed by atoms with Crippen molar-refractivity contribution in [1.29, 1.82) is 0 Å². The van der Waals surface area contributed by atoms with E-state index in [2.05, 4.69) is 28.1 Å². The maximum atomic E-state index is 12.3. The molecule has 0 aliphatic carbocycles. The average Bonchev–Trinajstić information content (AvgIpc) is 3.37. The van der Waals surface area contributed by atoms with Crippen LogP contribution in [0.3, 0.4) is 0 Å². The highest BCUT2D eigenvalue weighted by Crippen LogP contribution is 2.16. The second-order valence-electron chi connectivity index (χ2n) is 6.96. The Labute approximate surface area is 157 Å². The molecule has 0 radical (unpaired) electrons. The summed E-state index contributed by atoms with van der Waals surface area (Å²) in [5.74, 6) is 0.0559. The summed E-state index contributed by atoms with van der Waals surface area (Å²) in [6, 6.07) is 12.1. The molecular weight excluding hydrogens is 342 g/mol. The van der Waals surface area contributed by atoms with E-state index >= 15 is 0 Å². The highest BCUT2D eigenvalue weighted by atomic mass is 16.3. The lowest BCUT2D eigenvalue weighted by atomic mass is 10.0. The minimum Gasteiger partial charge on any atom is -0.472 e. The van der Waals surface area contributed by atoms with Crippen LogP contribution in [0.5, 0.6) is 0 Å². The standard InChI is InChI=1S/C21H23N3O3/c25-20(8-13-23-10-5-16-3-1-2-4-19(16)23)22-18-6-11-24(12-7-18)21(26)17-9-14-27-15-17/h1-5,9-10,14-15,18H,6-8,11-13H2,(H,22,25). The van der Waals surface area contributed by atoms with Crippen molar-refractivity contribution in [3.63, 3.8) is 0 Å². The van der Waals surface area contributed by atoms with E-state index in [0.717, 1.165) is 18.4 Å². The third-order valence-electron chi connectivity index (χ3n) is 5.18. The lowest BCUT2D eigenvalue weighted by Crippen LogP contribution is -2.46. The van der Waals surface area contributed by atoms with Gasteiger partial charge in [-0.1, -0.05) is 18.2 Å². The molecule has 3 heterocycles. The Kier molecular flexibility index (Phi) is 4.96. The number of carbonyl (C=O) groups excluding carboxylic acids is 2. The van der Waals surface area contributed by atoms with E-state index in [9.17, 15) is 9.59 Å². The molecule has 1 aromatic carbocycles. The van der Waals surface area contributed by atoms with Gasteiger partial charge >= 0.3 is 0 Å². The Hall–Kier alpha value is -3.02. The fraction of sp³-hybridized carbons (Fsp3) is 0.333. The molecule has 1 N–H and O–H groups in total. The third-order valence-corrected chi connectivity index (χ3v) is 5.18. The molecule has 2 amide bonds. The van der Waals surface area contributed by atoms with Crippen LogP contribution in [0.2, 0.25) is 0 Å². The molecule has 6 nitrogen and oxygen atoms in total. The maximum absolute atomic E-state index is 12.3. The molecule has 1 saturated heterocycles. The Balaban J connectivity index is 1.24. The zero-order valence-corrected chi connectivity index (χ0v) is 15.1. The van der Waals surface area contributed by atoms with Crippen molar-refractivity contribution in [2.45, 2.75) is 31.8 Å². The number of likely N-dealkylation sites (tertiary alicyclic amines) is 1. The first-order valence-corrected chi connectivity index (χ1v) is 9.35. The van der Waals surface area contributed by atoms with Gasteiger partial charge in [-0.25, -0.2) is 0 Å². The molecular formula is C21H23N3O3. The number of hydrogen-bond acceptors (Lipinski definition) is 3. The molecule has 0 bridgehead atoms. The summed E-state index contributed by atoms with van der Waals surface area (Å²) in [7, 11) is 0. The van der Waals surface area contributed by atoms with Gasteiger partial charge in [0.25, 0.3) is 5.91 Å². The zero-order valence-electron chi connectivity index (χ0n) is 15.1. The van der Waals surface area contributed by atoms with Crippen molar-refractivity contribution >= 4 is 22.7 Å². The van der Waals surface area contributed by atoms with E-state index < -0.39 is 0 Å². The SMILES string of the molecule is O=C(CCn1ccc2ccccc21)NC1CCN(C(=O)c2ccoc2)CC1. The molecule has 4 rings (SSSR count). The van der Waals surface area contributed by atoms with E-state index in [0.29, 0.717) is 31.6 Å². The van der Waals surface area contributed by atoms with Crippen molar-refractivity contribution in [3.8, 4) is 0 Å². The predicted octanol–water partition coefficient (Wildman–Crippen LogP) is 3.05.